The number of benzene rings is 1. The summed E-state index contributed by atoms with van der Waals surface area (Å²) in [6.07, 6.45) is -2.68. The number of para-hydroxylation sites is 2. The molecule has 1 heterocycles. The lowest BCUT2D eigenvalue weighted by Crippen LogP contribution is -2.47. The number of carbonyl (C=O) groups excluding carboxylic acids is 1. The Kier molecular flexibility index (Phi) is 9.84. The van der Waals surface area contributed by atoms with Crippen LogP contribution in [0.2, 0.25) is 0 Å². The Morgan fingerprint density at radius 1 is 1.18 bits per heavy atom. The van der Waals surface area contributed by atoms with Crippen LogP contribution in [-0.2, 0) is 9.53 Å². The van der Waals surface area contributed by atoms with E-state index in [-0.39, 0.29) is 41.8 Å². The first-order valence-corrected chi connectivity index (χ1v) is 8.71. The predicted octanol–water partition coefficient (Wildman–Crippen LogP) is 2.56. The number of halogens is 4. The average molecular weight is 427 g/mol. The van der Waals surface area contributed by atoms with Crippen molar-refractivity contribution >= 4 is 18.3 Å². The molecule has 0 aliphatic carbocycles. The van der Waals surface area contributed by atoms with Gasteiger partial charge in [0.25, 0.3) is 5.91 Å². The first-order chi connectivity index (χ1) is 12.8. The summed E-state index contributed by atoms with van der Waals surface area (Å²) in [4.78, 5) is 12.1. The lowest BCUT2D eigenvalue weighted by atomic mass is 9.79. The third-order valence-electron chi connectivity index (χ3n) is 4.37. The first kappa shape index (κ1) is 24.3. The van der Waals surface area contributed by atoms with Crippen LogP contribution in [0.5, 0.6) is 11.5 Å². The minimum atomic E-state index is -4.45. The molecule has 1 aromatic rings. The molecule has 10 heteroatoms. The number of carbonyl (C=O) groups is 1. The third kappa shape index (κ3) is 8.12. The Balaban J connectivity index is 0.00000392. The molecule has 2 rings (SSSR count). The Labute approximate surface area is 168 Å². The van der Waals surface area contributed by atoms with Gasteiger partial charge in [0.2, 0.25) is 0 Å². The van der Waals surface area contributed by atoms with E-state index >= 15 is 0 Å². The zero-order chi connectivity index (χ0) is 19.8. The number of methoxy groups -OCH3 is 1. The Morgan fingerprint density at radius 3 is 2.36 bits per heavy atom. The Morgan fingerprint density at radius 2 is 1.79 bits per heavy atom. The molecular formula is C18H26ClF3N2O4. The summed E-state index contributed by atoms with van der Waals surface area (Å²) < 4.78 is 52.3. The SMILES string of the molecule is COCC1(CNC(=O)COc2ccccc2OCC(F)(F)F)CCNCC1.Cl. The van der Waals surface area contributed by atoms with Crippen molar-refractivity contribution in [2.24, 2.45) is 5.41 Å². The van der Waals surface area contributed by atoms with Crippen LogP contribution in [0.15, 0.2) is 24.3 Å². The van der Waals surface area contributed by atoms with Crippen LogP contribution in [0.3, 0.4) is 0 Å². The molecule has 0 spiro atoms. The summed E-state index contributed by atoms with van der Waals surface area (Å²) >= 11 is 0. The van der Waals surface area contributed by atoms with Crippen molar-refractivity contribution < 1.29 is 32.2 Å². The molecule has 160 valence electrons. The molecule has 0 bridgehead atoms. The number of hydrogen-bond acceptors (Lipinski definition) is 5. The van der Waals surface area contributed by atoms with Gasteiger partial charge in [-0.05, 0) is 38.1 Å². The average Bonchev–Trinajstić information content (AvgIpc) is 2.64. The van der Waals surface area contributed by atoms with Crippen LogP contribution < -0.4 is 20.1 Å². The molecule has 0 unspecified atom stereocenters. The molecule has 1 aliphatic heterocycles. The zero-order valence-corrected chi connectivity index (χ0v) is 16.5. The molecule has 0 radical (unpaired) electrons. The normalized spacial score (nSPS) is 16.0. The quantitative estimate of drug-likeness (QED) is 0.635. The highest BCUT2D eigenvalue weighted by molar-refractivity contribution is 5.85. The van der Waals surface area contributed by atoms with Gasteiger partial charge in [-0.2, -0.15) is 13.2 Å². The number of piperidine rings is 1. The monoisotopic (exact) mass is 426 g/mol. The molecule has 2 N–H and O–H groups in total. The van der Waals surface area contributed by atoms with Gasteiger partial charge in [-0.1, -0.05) is 12.1 Å². The molecule has 1 amide bonds. The highest BCUT2D eigenvalue weighted by Gasteiger charge is 2.32. The lowest BCUT2D eigenvalue weighted by Gasteiger charge is -2.37. The van der Waals surface area contributed by atoms with Crippen molar-refractivity contribution in [3.05, 3.63) is 24.3 Å². The lowest BCUT2D eigenvalue weighted by molar-refractivity contribution is -0.153. The molecule has 1 saturated heterocycles. The number of nitrogens with one attached hydrogen (secondary N) is 2. The van der Waals surface area contributed by atoms with Gasteiger partial charge in [-0.25, -0.2) is 0 Å². The largest absolute Gasteiger partial charge is 0.480 e. The smallest absolute Gasteiger partial charge is 0.422 e. The molecule has 6 nitrogen and oxygen atoms in total. The van der Waals surface area contributed by atoms with Crippen molar-refractivity contribution in [1.29, 1.82) is 0 Å². The maximum absolute atomic E-state index is 12.3. The van der Waals surface area contributed by atoms with E-state index in [0.717, 1.165) is 25.9 Å². The second-order valence-electron chi connectivity index (χ2n) is 6.60. The summed E-state index contributed by atoms with van der Waals surface area (Å²) in [5.74, 6) is -0.322. The van der Waals surface area contributed by atoms with E-state index in [1.165, 1.54) is 18.2 Å². The van der Waals surface area contributed by atoms with Gasteiger partial charge < -0.3 is 24.8 Å². The highest BCUT2D eigenvalue weighted by atomic mass is 35.5. The number of rotatable bonds is 9. The maximum Gasteiger partial charge on any atom is 0.422 e. The van der Waals surface area contributed by atoms with Crippen LogP contribution >= 0.6 is 12.4 Å². The molecule has 1 fully saturated rings. The fourth-order valence-corrected chi connectivity index (χ4v) is 2.96. The van der Waals surface area contributed by atoms with Gasteiger partial charge in [0, 0.05) is 19.1 Å². The summed E-state index contributed by atoms with van der Waals surface area (Å²) in [5.41, 5.74) is -0.122. The van der Waals surface area contributed by atoms with Crippen LogP contribution in [-0.4, -0.2) is 58.6 Å². The second kappa shape index (κ2) is 11.3. The van der Waals surface area contributed by atoms with Gasteiger partial charge in [0.1, 0.15) is 0 Å². The van der Waals surface area contributed by atoms with Gasteiger partial charge in [0.05, 0.1) is 6.61 Å². The zero-order valence-electron chi connectivity index (χ0n) is 15.6. The van der Waals surface area contributed by atoms with E-state index in [1.807, 2.05) is 0 Å². The van der Waals surface area contributed by atoms with E-state index in [9.17, 15) is 18.0 Å². The molecule has 28 heavy (non-hydrogen) atoms. The third-order valence-corrected chi connectivity index (χ3v) is 4.37. The Hall–Kier alpha value is -1.71. The topological polar surface area (TPSA) is 68.8 Å². The van der Waals surface area contributed by atoms with Crippen LogP contribution in [0.25, 0.3) is 0 Å². The summed E-state index contributed by atoms with van der Waals surface area (Å²) in [6, 6.07) is 5.94. The van der Waals surface area contributed by atoms with Gasteiger partial charge in [-0.3, -0.25) is 4.79 Å². The van der Waals surface area contributed by atoms with Crippen LogP contribution in [0, 0.1) is 5.41 Å². The van der Waals surface area contributed by atoms with Crippen LogP contribution in [0.4, 0.5) is 13.2 Å². The second-order valence-corrected chi connectivity index (χ2v) is 6.60. The van der Waals surface area contributed by atoms with E-state index in [4.69, 9.17) is 14.2 Å². The molecule has 1 aliphatic rings. The first-order valence-electron chi connectivity index (χ1n) is 8.71. The minimum absolute atomic E-state index is 0. The summed E-state index contributed by atoms with van der Waals surface area (Å²) in [6.45, 7) is 0.987. The Bertz CT molecular complexity index is 605. The summed E-state index contributed by atoms with van der Waals surface area (Å²) in [5, 5.41) is 6.11. The van der Waals surface area contributed by atoms with Crippen molar-refractivity contribution in [3.63, 3.8) is 0 Å². The molecule has 0 atom stereocenters. The minimum Gasteiger partial charge on any atom is -0.480 e. The fraction of sp³-hybridized carbons (Fsp3) is 0.611. The number of alkyl halides is 3. The standard InChI is InChI=1S/C18H25F3N2O4.ClH/c1-25-12-17(6-8-22-9-7-17)11-23-16(24)10-26-14-4-2-3-5-15(14)27-13-18(19,20)21;/h2-5,22H,6-13H2,1H3,(H,23,24);1H. The van der Waals surface area contributed by atoms with E-state index in [0.29, 0.717) is 13.2 Å². The van der Waals surface area contributed by atoms with Crippen molar-refractivity contribution in [1.82, 2.24) is 10.6 Å². The number of amides is 1. The van der Waals surface area contributed by atoms with Gasteiger partial charge in [-0.15, -0.1) is 12.4 Å². The maximum atomic E-state index is 12.3. The molecule has 1 aromatic carbocycles. The molecule has 0 aromatic heterocycles. The van der Waals surface area contributed by atoms with Crippen molar-refractivity contribution in [2.75, 3.05) is 46.6 Å². The van der Waals surface area contributed by atoms with Crippen LogP contribution in [0.1, 0.15) is 12.8 Å². The van der Waals surface area contributed by atoms with Gasteiger partial charge >= 0.3 is 6.18 Å². The van der Waals surface area contributed by atoms with E-state index in [2.05, 4.69) is 10.6 Å². The summed E-state index contributed by atoms with van der Waals surface area (Å²) in [7, 11) is 1.63. The molecular weight excluding hydrogens is 401 g/mol. The van der Waals surface area contributed by atoms with Gasteiger partial charge in [0.15, 0.2) is 24.7 Å². The highest BCUT2D eigenvalue weighted by Crippen LogP contribution is 2.29. The van der Waals surface area contributed by atoms with E-state index in [1.54, 1.807) is 13.2 Å². The number of hydrogen-bond donors (Lipinski definition) is 2. The molecule has 0 saturated carbocycles. The fourth-order valence-electron chi connectivity index (χ4n) is 2.96. The van der Waals surface area contributed by atoms with E-state index < -0.39 is 12.8 Å². The number of ether oxygens (including phenoxy) is 3. The van der Waals surface area contributed by atoms with Crippen molar-refractivity contribution in [2.45, 2.75) is 19.0 Å². The van der Waals surface area contributed by atoms with Crippen molar-refractivity contribution in [3.8, 4) is 11.5 Å². The predicted molar refractivity (Wildman–Crippen MR) is 100 cm³/mol.